The fourth-order valence-electron chi connectivity index (χ4n) is 1.41. The molecule has 2 N–H and O–H groups in total. The summed E-state index contributed by atoms with van der Waals surface area (Å²) in [7, 11) is -4.31. The van der Waals surface area contributed by atoms with Crippen LogP contribution in [-0.2, 0) is 26.4 Å². The van der Waals surface area contributed by atoms with Gasteiger partial charge < -0.3 is 5.73 Å². The molecule has 1 aromatic heterocycles. The predicted molar refractivity (Wildman–Crippen MR) is 74.5 cm³/mol. The number of aromatic nitrogens is 1. The van der Waals surface area contributed by atoms with E-state index in [-0.39, 0.29) is 17.3 Å². The van der Waals surface area contributed by atoms with Crippen LogP contribution in [0, 0.1) is 13.8 Å². The maximum Gasteiger partial charge on any atom is 0.148 e. The Hall–Kier alpha value is -0.950. The highest BCUT2D eigenvalue weighted by atomic mass is 32.2. The van der Waals surface area contributed by atoms with Gasteiger partial charge in [-0.2, -0.15) is 0 Å². The second kappa shape index (κ2) is 5.79. The standard InChI is InChI=1S/C11H18N2O3S2/c1-8-6-13-10(9(2)11(8)12)7-17(14)4-5-18(3,15)16/h6H,4-5,7H2,1-3H3,(H2,12,13). The first-order valence-corrected chi connectivity index (χ1v) is 8.99. The number of anilines is 1. The summed E-state index contributed by atoms with van der Waals surface area (Å²) in [4.78, 5) is 4.20. The second-order valence-electron chi connectivity index (χ2n) is 4.34. The highest BCUT2D eigenvalue weighted by molar-refractivity contribution is 7.92. The minimum atomic E-state index is -3.07. The van der Waals surface area contributed by atoms with Crippen LogP contribution in [0.25, 0.3) is 0 Å². The van der Waals surface area contributed by atoms with Gasteiger partial charge in [-0.25, -0.2) is 8.42 Å². The second-order valence-corrected chi connectivity index (χ2v) is 8.18. The summed E-state index contributed by atoms with van der Waals surface area (Å²) in [5.74, 6) is 0.305. The normalized spacial score (nSPS) is 13.5. The molecule has 0 bridgehead atoms. The Labute approximate surface area is 110 Å². The lowest BCUT2D eigenvalue weighted by Crippen LogP contribution is -2.14. The summed E-state index contributed by atoms with van der Waals surface area (Å²) in [5, 5.41) is 0. The van der Waals surface area contributed by atoms with Crippen LogP contribution in [0.1, 0.15) is 16.8 Å². The molecular weight excluding hydrogens is 272 g/mol. The lowest BCUT2D eigenvalue weighted by Gasteiger charge is -2.09. The molecule has 5 nitrogen and oxygen atoms in total. The summed E-state index contributed by atoms with van der Waals surface area (Å²) < 4.78 is 33.7. The molecule has 1 rings (SSSR count). The van der Waals surface area contributed by atoms with Crippen molar-refractivity contribution < 1.29 is 12.6 Å². The van der Waals surface area contributed by atoms with Crippen molar-refractivity contribution in [3.63, 3.8) is 0 Å². The molecule has 0 spiro atoms. The number of hydrogen-bond acceptors (Lipinski definition) is 5. The Morgan fingerprint density at radius 3 is 2.56 bits per heavy atom. The van der Waals surface area contributed by atoms with Crippen LogP contribution < -0.4 is 5.73 Å². The Kier molecular flexibility index (Phi) is 4.86. The maximum atomic E-state index is 11.8. The summed E-state index contributed by atoms with van der Waals surface area (Å²) in [6.07, 6.45) is 2.78. The van der Waals surface area contributed by atoms with Gasteiger partial charge in [0.2, 0.25) is 0 Å². The fraction of sp³-hybridized carbons (Fsp3) is 0.545. The average molecular weight is 290 g/mol. The number of sulfone groups is 1. The third kappa shape index (κ3) is 4.38. The highest BCUT2D eigenvalue weighted by Crippen LogP contribution is 2.18. The van der Waals surface area contributed by atoms with Gasteiger partial charge in [0.05, 0.1) is 17.2 Å². The van der Waals surface area contributed by atoms with E-state index in [0.717, 1.165) is 17.4 Å². The fourth-order valence-corrected chi connectivity index (χ4v) is 4.10. The molecule has 0 fully saturated rings. The van der Waals surface area contributed by atoms with Crippen LogP contribution in [0.2, 0.25) is 0 Å². The van der Waals surface area contributed by atoms with Crippen molar-refractivity contribution in [3.8, 4) is 0 Å². The molecule has 0 aliphatic heterocycles. The maximum absolute atomic E-state index is 11.8. The number of aryl methyl sites for hydroxylation is 1. The molecule has 0 aromatic carbocycles. The number of nitrogen functional groups attached to an aromatic ring is 1. The summed E-state index contributed by atoms with van der Waals surface area (Å²) in [6, 6.07) is 0. The molecule has 0 aliphatic carbocycles. The monoisotopic (exact) mass is 290 g/mol. The Bertz CT molecular complexity index is 568. The molecular formula is C11H18N2O3S2. The van der Waals surface area contributed by atoms with Crippen LogP contribution in [-0.4, -0.2) is 35.4 Å². The van der Waals surface area contributed by atoms with Crippen LogP contribution in [0.4, 0.5) is 5.69 Å². The third-order valence-electron chi connectivity index (χ3n) is 2.66. The van der Waals surface area contributed by atoms with Crippen molar-refractivity contribution in [2.24, 2.45) is 0 Å². The molecule has 1 atom stereocenters. The Balaban J connectivity index is 2.74. The first-order valence-electron chi connectivity index (χ1n) is 5.44. The Morgan fingerprint density at radius 1 is 1.39 bits per heavy atom. The molecule has 0 saturated heterocycles. The number of rotatable bonds is 5. The van der Waals surface area contributed by atoms with E-state index < -0.39 is 20.6 Å². The molecule has 0 saturated carbocycles. The van der Waals surface area contributed by atoms with E-state index in [1.165, 1.54) is 0 Å². The Morgan fingerprint density at radius 2 is 2.00 bits per heavy atom. The molecule has 0 amide bonds. The zero-order valence-corrected chi connectivity index (χ0v) is 12.4. The number of pyridine rings is 1. The molecule has 1 heterocycles. The lowest BCUT2D eigenvalue weighted by molar-refractivity contribution is 0.602. The summed E-state index contributed by atoms with van der Waals surface area (Å²) >= 11 is 0. The smallest absolute Gasteiger partial charge is 0.148 e. The third-order valence-corrected chi connectivity index (χ3v) is 5.11. The van der Waals surface area contributed by atoms with Gasteiger partial charge in [-0.3, -0.25) is 9.19 Å². The van der Waals surface area contributed by atoms with Crippen molar-refractivity contribution in [2.75, 3.05) is 23.5 Å². The SMILES string of the molecule is Cc1cnc(CS(=O)CCS(C)(=O)=O)c(C)c1N. The largest absolute Gasteiger partial charge is 0.398 e. The van der Waals surface area contributed by atoms with E-state index in [2.05, 4.69) is 4.98 Å². The van der Waals surface area contributed by atoms with E-state index in [9.17, 15) is 12.6 Å². The summed E-state index contributed by atoms with van der Waals surface area (Å²) in [6.45, 7) is 3.69. The van der Waals surface area contributed by atoms with Crippen molar-refractivity contribution in [3.05, 3.63) is 23.0 Å². The molecule has 102 valence electrons. The lowest BCUT2D eigenvalue weighted by atomic mass is 10.1. The van der Waals surface area contributed by atoms with E-state index in [1.807, 2.05) is 13.8 Å². The van der Waals surface area contributed by atoms with Gasteiger partial charge in [0.25, 0.3) is 0 Å². The van der Waals surface area contributed by atoms with E-state index >= 15 is 0 Å². The van der Waals surface area contributed by atoms with Crippen LogP contribution in [0.15, 0.2) is 6.20 Å². The molecule has 18 heavy (non-hydrogen) atoms. The number of nitrogens with two attached hydrogens (primary N) is 1. The molecule has 1 unspecified atom stereocenters. The minimum Gasteiger partial charge on any atom is -0.398 e. The molecule has 0 radical (unpaired) electrons. The first-order chi connectivity index (χ1) is 8.20. The van der Waals surface area contributed by atoms with E-state index in [0.29, 0.717) is 11.4 Å². The first kappa shape index (κ1) is 15.1. The zero-order chi connectivity index (χ0) is 13.9. The van der Waals surface area contributed by atoms with Gasteiger partial charge in [0.15, 0.2) is 0 Å². The van der Waals surface area contributed by atoms with Crippen LogP contribution in [0.3, 0.4) is 0 Å². The minimum absolute atomic E-state index is 0.0694. The van der Waals surface area contributed by atoms with E-state index in [1.54, 1.807) is 6.20 Å². The summed E-state index contributed by atoms with van der Waals surface area (Å²) in [5.41, 5.74) is 8.90. The molecule has 1 aromatic rings. The number of hydrogen-bond donors (Lipinski definition) is 1. The number of nitrogens with zero attached hydrogens (tertiary/aromatic N) is 1. The van der Waals surface area contributed by atoms with Gasteiger partial charge in [0, 0.05) is 34.7 Å². The van der Waals surface area contributed by atoms with Gasteiger partial charge >= 0.3 is 0 Å². The predicted octanol–water partition coefficient (Wildman–Crippen LogP) is 0.574. The highest BCUT2D eigenvalue weighted by Gasteiger charge is 2.12. The van der Waals surface area contributed by atoms with Gasteiger partial charge in [-0.1, -0.05) is 0 Å². The van der Waals surface area contributed by atoms with Crippen molar-refractivity contribution in [1.82, 2.24) is 4.98 Å². The van der Waals surface area contributed by atoms with Crippen LogP contribution >= 0.6 is 0 Å². The molecule has 0 aliphatic rings. The van der Waals surface area contributed by atoms with Crippen molar-refractivity contribution in [2.45, 2.75) is 19.6 Å². The van der Waals surface area contributed by atoms with Crippen molar-refractivity contribution in [1.29, 1.82) is 0 Å². The van der Waals surface area contributed by atoms with E-state index in [4.69, 9.17) is 5.73 Å². The van der Waals surface area contributed by atoms with Crippen LogP contribution in [0.5, 0.6) is 0 Å². The topological polar surface area (TPSA) is 90.1 Å². The quantitative estimate of drug-likeness (QED) is 0.856. The van der Waals surface area contributed by atoms with Gasteiger partial charge in [0.1, 0.15) is 9.84 Å². The van der Waals surface area contributed by atoms with Gasteiger partial charge in [-0.15, -0.1) is 0 Å². The zero-order valence-electron chi connectivity index (χ0n) is 10.8. The average Bonchev–Trinajstić information content (AvgIpc) is 2.26. The van der Waals surface area contributed by atoms with Gasteiger partial charge in [-0.05, 0) is 25.0 Å². The molecule has 7 heteroatoms. The van der Waals surface area contributed by atoms with Crippen molar-refractivity contribution >= 4 is 26.3 Å².